The first-order valence-electron chi connectivity index (χ1n) is 11.8. The number of hydrogen-bond donors (Lipinski definition) is 1. The summed E-state index contributed by atoms with van der Waals surface area (Å²) in [4.78, 5) is 40.8. The van der Waals surface area contributed by atoms with Gasteiger partial charge in [0.15, 0.2) is 0 Å². The van der Waals surface area contributed by atoms with Crippen molar-refractivity contribution in [3.05, 3.63) is 117 Å². The van der Waals surface area contributed by atoms with Crippen LogP contribution in [0, 0.1) is 0 Å². The predicted molar refractivity (Wildman–Crippen MR) is 138 cm³/mol. The van der Waals surface area contributed by atoms with Gasteiger partial charge in [-0.25, -0.2) is 0 Å². The van der Waals surface area contributed by atoms with E-state index in [9.17, 15) is 14.4 Å². The molecule has 0 bridgehead atoms. The van der Waals surface area contributed by atoms with Gasteiger partial charge < -0.3 is 10.2 Å². The average molecular weight is 471 g/mol. The number of hydrogen-bond acceptors (Lipinski definition) is 4. The zero-order valence-electron chi connectivity index (χ0n) is 19.9. The van der Waals surface area contributed by atoms with Crippen molar-refractivity contribution in [1.82, 2.24) is 19.4 Å². The summed E-state index contributed by atoms with van der Waals surface area (Å²) >= 11 is 0. The molecule has 35 heavy (non-hydrogen) atoms. The van der Waals surface area contributed by atoms with Gasteiger partial charge in [0.05, 0.1) is 17.6 Å². The Balaban J connectivity index is 1.41. The van der Waals surface area contributed by atoms with Crippen LogP contribution in [-0.2, 0) is 24.4 Å². The molecule has 1 amide bonds. The molecule has 7 nitrogen and oxygen atoms in total. The van der Waals surface area contributed by atoms with E-state index in [1.54, 1.807) is 18.2 Å². The molecule has 0 saturated carbocycles. The monoisotopic (exact) mass is 470 g/mol. The van der Waals surface area contributed by atoms with Crippen LogP contribution in [-0.4, -0.2) is 40.1 Å². The Labute approximate surface area is 204 Å². The number of carbonyl (C=O) groups excluding carboxylic acids is 1. The van der Waals surface area contributed by atoms with Crippen LogP contribution >= 0.6 is 0 Å². The summed E-state index contributed by atoms with van der Waals surface area (Å²) in [6.07, 6.45) is 0.781. The molecule has 1 aromatic heterocycles. The van der Waals surface area contributed by atoms with Gasteiger partial charge in [0, 0.05) is 13.1 Å². The van der Waals surface area contributed by atoms with Gasteiger partial charge in [0.25, 0.3) is 0 Å². The number of nitrogens with zero attached hydrogens (tertiary/aromatic N) is 3. The smallest absolute Gasteiger partial charge is 0.317 e. The average Bonchev–Trinajstić information content (AvgIpc) is 2.88. The largest absolute Gasteiger partial charge is 0.355 e. The molecule has 0 fully saturated rings. The Morgan fingerprint density at radius 1 is 0.771 bits per heavy atom. The van der Waals surface area contributed by atoms with Crippen LogP contribution in [0.2, 0.25) is 0 Å². The summed E-state index contributed by atoms with van der Waals surface area (Å²) in [5, 5.41) is 2.88. The number of benzene rings is 3. The Hall–Kier alpha value is -3.97. The van der Waals surface area contributed by atoms with Crippen LogP contribution in [0.5, 0.6) is 0 Å². The lowest BCUT2D eigenvalue weighted by Crippen LogP contribution is -2.44. The van der Waals surface area contributed by atoms with Crippen LogP contribution in [0.3, 0.4) is 0 Å². The van der Waals surface area contributed by atoms with Crippen molar-refractivity contribution in [2.45, 2.75) is 26.1 Å². The zero-order chi connectivity index (χ0) is 24.6. The summed E-state index contributed by atoms with van der Waals surface area (Å²) in [6, 6.07) is 26.9. The molecule has 4 aromatic rings. The second kappa shape index (κ2) is 11.4. The Morgan fingerprint density at radius 3 is 1.97 bits per heavy atom. The van der Waals surface area contributed by atoms with Gasteiger partial charge in [0.1, 0.15) is 6.54 Å². The molecular weight excluding hydrogens is 440 g/mol. The van der Waals surface area contributed by atoms with Crippen molar-refractivity contribution >= 4 is 16.9 Å². The highest BCUT2D eigenvalue weighted by molar-refractivity contribution is 5.80. The Kier molecular flexibility index (Phi) is 7.90. The van der Waals surface area contributed by atoms with Gasteiger partial charge in [-0.3, -0.25) is 23.5 Å². The first-order chi connectivity index (χ1) is 17.0. The molecule has 0 aliphatic carbocycles. The van der Waals surface area contributed by atoms with E-state index in [2.05, 4.69) is 22.3 Å². The molecule has 0 aliphatic heterocycles. The van der Waals surface area contributed by atoms with E-state index in [0.717, 1.165) is 25.1 Å². The summed E-state index contributed by atoms with van der Waals surface area (Å²) in [7, 11) is 2.05. The lowest BCUT2D eigenvalue weighted by molar-refractivity contribution is -0.121. The molecule has 0 radical (unpaired) electrons. The van der Waals surface area contributed by atoms with E-state index in [1.807, 2.05) is 61.6 Å². The molecule has 0 atom stereocenters. The lowest BCUT2D eigenvalue weighted by Gasteiger charge is -2.17. The maximum absolute atomic E-state index is 13.0. The SMILES string of the molecule is CN(CCCNC(=O)Cn1c(=O)c(=O)n(Cc2ccccc2)c2ccccc21)Cc1ccccc1. The number of amides is 1. The van der Waals surface area contributed by atoms with Gasteiger partial charge >= 0.3 is 11.1 Å². The first kappa shape index (κ1) is 24.2. The summed E-state index contributed by atoms with van der Waals surface area (Å²) in [6.45, 7) is 2.26. The molecule has 0 aliphatic rings. The van der Waals surface area contributed by atoms with Crippen molar-refractivity contribution in [2.75, 3.05) is 20.1 Å². The highest BCUT2D eigenvalue weighted by Gasteiger charge is 2.15. The van der Waals surface area contributed by atoms with Gasteiger partial charge in [0.2, 0.25) is 5.91 Å². The molecule has 3 aromatic carbocycles. The quantitative estimate of drug-likeness (QED) is 0.286. The third-order valence-electron chi connectivity index (χ3n) is 5.96. The molecule has 0 spiro atoms. The third-order valence-corrected chi connectivity index (χ3v) is 5.96. The molecule has 7 heteroatoms. The minimum absolute atomic E-state index is 0.194. The van der Waals surface area contributed by atoms with Crippen molar-refractivity contribution in [1.29, 1.82) is 0 Å². The molecule has 4 rings (SSSR count). The number of carbonyl (C=O) groups is 1. The van der Waals surface area contributed by atoms with Crippen molar-refractivity contribution in [3.63, 3.8) is 0 Å². The van der Waals surface area contributed by atoms with E-state index >= 15 is 0 Å². The van der Waals surface area contributed by atoms with Crippen LogP contribution in [0.1, 0.15) is 17.5 Å². The summed E-state index contributed by atoms with van der Waals surface area (Å²) in [5.41, 5.74) is 2.02. The highest BCUT2D eigenvalue weighted by atomic mass is 16.2. The first-order valence-corrected chi connectivity index (χ1v) is 11.8. The fourth-order valence-electron chi connectivity index (χ4n) is 4.20. The lowest BCUT2D eigenvalue weighted by atomic mass is 10.2. The minimum atomic E-state index is -0.697. The fourth-order valence-corrected chi connectivity index (χ4v) is 4.20. The summed E-state index contributed by atoms with van der Waals surface area (Å²) in [5.74, 6) is -0.289. The topological polar surface area (TPSA) is 76.3 Å². The normalized spacial score (nSPS) is 11.1. The standard InChI is InChI=1S/C28H30N4O3/c1-30(19-22-11-4-2-5-12-22)18-10-17-29-26(33)21-32-25-16-9-8-15-24(25)31(27(34)28(32)35)20-23-13-6-3-7-14-23/h2-9,11-16H,10,17-21H2,1H3,(H,29,33). The van der Waals surface area contributed by atoms with Crippen LogP contribution in [0.4, 0.5) is 0 Å². The van der Waals surface area contributed by atoms with Gasteiger partial charge in [-0.15, -0.1) is 0 Å². The molecule has 180 valence electrons. The molecule has 0 unspecified atom stereocenters. The van der Waals surface area contributed by atoms with Gasteiger partial charge in [-0.2, -0.15) is 0 Å². The van der Waals surface area contributed by atoms with E-state index < -0.39 is 11.1 Å². The maximum atomic E-state index is 13.0. The Morgan fingerprint density at radius 2 is 1.31 bits per heavy atom. The molecular formula is C28H30N4O3. The highest BCUT2D eigenvalue weighted by Crippen LogP contribution is 2.12. The predicted octanol–water partition coefficient (Wildman–Crippen LogP) is 2.85. The molecule has 1 N–H and O–H groups in total. The van der Waals surface area contributed by atoms with E-state index in [-0.39, 0.29) is 12.5 Å². The Bertz CT molecular complexity index is 1390. The van der Waals surface area contributed by atoms with E-state index in [0.29, 0.717) is 24.1 Å². The van der Waals surface area contributed by atoms with E-state index in [1.165, 1.54) is 14.7 Å². The van der Waals surface area contributed by atoms with Crippen molar-refractivity contribution in [3.8, 4) is 0 Å². The zero-order valence-corrected chi connectivity index (χ0v) is 19.9. The number of fused-ring (bicyclic) bond motifs is 1. The summed E-state index contributed by atoms with van der Waals surface area (Å²) < 4.78 is 2.75. The van der Waals surface area contributed by atoms with Crippen molar-refractivity contribution in [2.24, 2.45) is 0 Å². The number of nitrogens with one attached hydrogen (secondary N) is 1. The number of rotatable bonds is 10. The maximum Gasteiger partial charge on any atom is 0.317 e. The molecule has 1 heterocycles. The van der Waals surface area contributed by atoms with Gasteiger partial charge in [-0.1, -0.05) is 72.8 Å². The second-order valence-corrected chi connectivity index (χ2v) is 8.68. The minimum Gasteiger partial charge on any atom is -0.355 e. The number of para-hydroxylation sites is 2. The van der Waals surface area contributed by atoms with E-state index in [4.69, 9.17) is 0 Å². The second-order valence-electron chi connectivity index (χ2n) is 8.68. The van der Waals surface area contributed by atoms with Crippen LogP contribution in [0.25, 0.3) is 11.0 Å². The van der Waals surface area contributed by atoms with Gasteiger partial charge in [-0.05, 0) is 43.3 Å². The van der Waals surface area contributed by atoms with Crippen molar-refractivity contribution < 1.29 is 4.79 Å². The molecule has 0 saturated heterocycles. The third kappa shape index (κ3) is 6.13. The van der Waals surface area contributed by atoms with Crippen LogP contribution < -0.4 is 16.4 Å². The fraction of sp³-hybridized carbons (Fsp3) is 0.250. The van der Waals surface area contributed by atoms with Crippen LogP contribution in [0.15, 0.2) is 94.5 Å². The number of aromatic nitrogens is 2.